The second kappa shape index (κ2) is 5.68. The van der Waals surface area contributed by atoms with E-state index in [1.807, 2.05) is 0 Å². The first-order chi connectivity index (χ1) is 8.42. The van der Waals surface area contributed by atoms with Crippen molar-refractivity contribution >= 4 is 0 Å². The first-order valence-corrected chi connectivity index (χ1v) is 7.59. The van der Waals surface area contributed by atoms with Gasteiger partial charge in [0.2, 0.25) is 0 Å². The van der Waals surface area contributed by atoms with Crippen molar-refractivity contribution in [2.45, 2.75) is 38.1 Å². The van der Waals surface area contributed by atoms with Crippen molar-refractivity contribution in [1.29, 1.82) is 0 Å². The molecule has 98 valence electrons. The summed E-state index contributed by atoms with van der Waals surface area (Å²) in [6.07, 6.45) is 7.37. The van der Waals surface area contributed by atoms with E-state index in [4.69, 9.17) is 0 Å². The molecule has 1 N–H and O–H groups in total. The molecule has 3 aliphatic rings. The molecule has 1 aliphatic carbocycles. The summed E-state index contributed by atoms with van der Waals surface area (Å²) < 4.78 is 0. The molecule has 2 heterocycles. The number of likely N-dealkylation sites (tertiary alicyclic amines) is 1. The molecule has 1 saturated carbocycles. The summed E-state index contributed by atoms with van der Waals surface area (Å²) in [6, 6.07) is 0.860. The van der Waals surface area contributed by atoms with Gasteiger partial charge in [-0.2, -0.15) is 0 Å². The molecule has 17 heavy (non-hydrogen) atoms. The molecule has 0 aromatic rings. The van der Waals surface area contributed by atoms with Crippen molar-refractivity contribution in [1.82, 2.24) is 15.1 Å². The van der Waals surface area contributed by atoms with Gasteiger partial charge in [-0.3, -0.25) is 4.90 Å². The maximum absolute atomic E-state index is 3.45. The fourth-order valence-corrected chi connectivity index (χ4v) is 3.88. The molecule has 1 unspecified atom stereocenters. The average molecular weight is 237 g/mol. The van der Waals surface area contributed by atoms with Crippen LogP contribution in [-0.4, -0.2) is 61.7 Å². The fraction of sp³-hybridized carbons (Fsp3) is 1.00. The molecule has 0 aromatic carbocycles. The lowest BCUT2D eigenvalue weighted by atomic mass is 10.1. The first kappa shape index (κ1) is 11.9. The minimum absolute atomic E-state index is 0.860. The standard InChI is InChI=1S/C14H27N3/c1-2-4-13(3-1)11-16-8-5-14(12-16)17-9-6-15-7-10-17/h13-15H,1-12H2. The Balaban J connectivity index is 1.44. The molecular formula is C14H27N3. The maximum Gasteiger partial charge on any atom is 0.0236 e. The largest absolute Gasteiger partial charge is 0.314 e. The summed E-state index contributed by atoms with van der Waals surface area (Å²) in [7, 11) is 0. The molecule has 3 fully saturated rings. The molecule has 0 aromatic heterocycles. The molecule has 0 spiro atoms. The lowest BCUT2D eigenvalue weighted by Crippen LogP contribution is -2.49. The Labute approximate surface area is 106 Å². The number of hydrogen-bond donors (Lipinski definition) is 1. The molecular weight excluding hydrogens is 210 g/mol. The van der Waals surface area contributed by atoms with E-state index < -0.39 is 0 Å². The van der Waals surface area contributed by atoms with E-state index in [0.717, 1.165) is 12.0 Å². The summed E-state index contributed by atoms with van der Waals surface area (Å²) in [4.78, 5) is 5.45. The smallest absolute Gasteiger partial charge is 0.0236 e. The minimum atomic E-state index is 0.860. The Morgan fingerprint density at radius 2 is 1.71 bits per heavy atom. The lowest BCUT2D eigenvalue weighted by Gasteiger charge is -2.32. The van der Waals surface area contributed by atoms with Gasteiger partial charge < -0.3 is 10.2 Å². The average Bonchev–Trinajstić information content (AvgIpc) is 3.02. The van der Waals surface area contributed by atoms with Gasteiger partial charge in [0.05, 0.1) is 0 Å². The third kappa shape index (κ3) is 3.01. The fourth-order valence-electron chi connectivity index (χ4n) is 3.88. The Hall–Kier alpha value is -0.120. The monoisotopic (exact) mass is 237 g/mol. The Morgan fingerprint density at radius 3 is 2.47 bits per heavy atom. The molecule has 2 aliphatic heterocycles. The number of rotatable bonds is 3. The van der Waals surface area contributed by atoms with Gasteiger partial charge in [0.15, 0.2) is 0 Å². The summed E-state index contributed by atoms with van der Waals surface area (Å²) in [6.45, 7) is 9.01. The van der Waals surface area contributed by atoms with E-state index in [1.54, 1.807) is 0 Å². The van der Waals surface area contributed by atoms with Crippen molar-refractivity contribution in [3.05, 3.63) is 0 Å². The van der Waals surface area contributed by atoms with Crippen LogP contribution in [0.25, 0.3) is 0 Å². The highest BCUT2D eigenvalue weighted by atomic mass is 15.3. The van der Waals surface area contributed by atoms with Gasteiger partial charge in [0.1, 0.15) is 0 Å². The number of nitrogens with zero attached hydrogens (tertiary/aromatic N) is 2. The van der Waals surface area contributed by atoms with Gasteiger partial charge in [-0.05, 0) is 31.7 Å². The van der Waals surface area contributed by atoms with Crippen molar-refractivity contribution < 1.29 is 0 Å². The van der Waals surface area contributed by atoms with Crippen LogP contribution in [0.5, 0.6) is 0 Å². The Morgan fingerprint density at radius 1 is 0.941 bits per heavy atom. The normalized spacial score (nSPS) is 33.5. The highest BCUT2D eigenvalue weighted by Crippen LogP contribution is 2.27. The number of hydrogen-bond acceptors (Lipinski definition) is 3. The van der Waals surface area contributed by atoms with Crippen molar-refractivity contribution in [2.75, 3.05) is 45.8 Å². The van der Waals surface area contributed by atoms with Gasteiger partial charge in [0.25, 0.3) is 0 Å². The predicted octanol–water partition coefficient (Wildman–Crippen LogP) is 1.16. The van der Waals surface area contributed by atoms with Crippen LogP contribution in [0.4, 0.5) is 0 Å². The topological polar surface area (TPSA) is 18.5 Å². The first-order valence-electron chi connectivity index (χ1n) is 7.59. The zero-order valence-electron chi connectivity index (χ0n) is 11.0. The molecule has 0 radical (unpaired) electrons. The van der Waals surface area contributed by atoms with Gasteiger partial charge in [-0.25, -0.2) is 0 Å². The molecule has 2 saturated heterocycles. The van der Waals surface area contributed by atoms with E-state index in [2.05, 4.69) is 15.1 Å². The zero-order valence-corrected chi connectivity index (χ0v) is 11.0. The molecule has 1 atom stereocenters. The van der Waals surface area contributed by atoms with Crippen molar-refractivity contribution in [3.8, 4) is 0 Å². The third-order valence-electron chi connectivity index (χ3n) is 4.91. The quantitative estimate of drug-likeness (QED) is 0.794. The van der Waals surface area contributed by atoms with E-state index in [9.17, 15) is 0 Å². The van der Waals surface area contributed by atoms with Crippen LogP contribution in [0.2, 0.25) is 0 Å². The molecule has 3 nitrogen and oxygen atoms in total. The SMILES string of the molecule is C1CCC(CN2CCC(N3CCNCC3)C2)C1. The van der Waals surface area contributed by atoms with Crippen LogP contribution in [-0.2, 0) is 0 Å². The number of piperazine rings is 1. The number of nitrogens with one attached hydrogen (secondary N) is 1. The molecule has 3 heteroatoms. The van der Waals surface area contributed by atoms with Gasteiger partial charge in [0, 0.05) is 45.3 Å². The molecule has 3 rings (SSSR count). The van der Waals surface area contributed by atoms with E-state index in [1.165, 1.54) is 77.9 Å². The van der Waals surface area contributed by atoms with Gasteiger partial charge >= 0.3 is 0 Å². The van der Waals surface area contributed by atoms with Gasteiger partial charge in [-0.1, -0.05) is 12.8 Å². The summed E-state index contributed by atoms with van der Waals surface area (Å²) in [5.74, 6) is 1.02. The Kier molecular flexibility index (Phi) is 3.99. The van der Waals surface area contributed by atoms with Crippen LogP contribution in [0.3, 0.4) is 0 Å². The molecule has 0 bridgehead atoms. The van der Waals surface area contributed by atoms with Crippen molar-refractivity contribution in [3.63, 3.8) is 0 Å². The van der Waals surface area contributed by atoms with Crippen molar-refractivity contribution in [2.24, 2.45) is 5.92 Å². The van der Waals surface area contributed by atoms with E-state index >= 15 is 0 Å². The van der Waals surface area contributed by atoms with Gasteiger partial charge in [-0.15, -0.1) is 0 Å². The minimum Gasteiger partial charge on any atom is -0.314 e. The Bertz CT molecular complexity index is 232. The predicted molar refractivity (Wildman–Crippen MR) is 71.2 cm³/mol. The third-order valence-corrected chi connectivity index (χ3v) is 4.91. The highest BCUT2D eigenvalue weighted by Gasteiger charge is 2.29. The molecule has 0 amide bonds. The summed E-state index contributed by atoms with van der Waals surface area (Å²) in [5, 5.41) is 3.45. The lowest BCUT2D eigenvalue weighted by molar-refractivity contribution is 0.167. The summed E-state index contributed by atoms with van der Waals surface area (Å²) >= 11 is 0. The van der Waals surface area contributed by atoms with E-state index in [-0.39, 0.29) is 0 Å². The van der Waals surface area contributed by atoms with Crippen LogP contribution in [0.1, 0.15) is 32.1 Å². The second-order valence-corrected chi connectivity index (χ2v) is 6.14. The van der Waals surface area contributed by atoms with Crippen LogP contribution < -0.4 is 5.32 Å². The van der Waals surface area contributed by atoms with Crippen LogP contribution in [0, 0.1) is 5.92 Å². The van der Waals surface area contributed by atoms with Crippen LogP contribution >= 0.6 is 0 Å². The second-order valence-electron chi connectivity index (χ2n) is 6.14. The summed E-state index contributed by atoms with van der Waals surface area (Å²) in [5.41, 5.74) is 0. The van der Waals surface area contributed by atoms with Crippen LogP contribution in [0.15, 0.2) is 0 Å². The highest BCUT2D eigenvalue weighted by molar-refractivity contribution is 4.86. The van der Waals surface area contributed by atoms with E-state index in [0.29, 0.717) is 0 Å². The maximum atomic E-state index is 3.45. The zero-order chi connectivity index (χ0) is 11.5.